The highest BCUT2D eigenvalue weighted by Gasteiger charge is 2.45. The molecule has 0 amide bonds. The Kier molecular flexibility index (Phi) is 3.66. The van der Waals surface area contributed by atoms with Crippen LogP contribution < -0.4 is 0 Å². The van der Waals surface area contributed by atoms with Gasteiger partial charge in [-0.05, 0) is 0 Å². The van der Waals surface area contributed by atoms with Crippen LogP contribution in [0.25, 0.3) is 0 Å². The van der Waals surface area contributed by atoms with Crippen molar-refractivity contribution < 1.29 is 41.2 Å². The Morgan fingerprint density at radius 1 is 1.05 bits per heavy atom. The molecule has 0 radical (unpaired) electrons. The Morgan fingerprint density at radius 3 is 1.60 bits per heavy atom. The summed E-state index contributed by atoms with van der Waals surface area (Å²) in [6, 6.07) is -0.503. The molecule has 1 N–H and O–H groups in total. The number of halogens is 6. The molecular formula is C9H3F6NO4. The van der Waals surface area contributed by atoms with Gasteiger partial charge in [0.1, 0.15) is 0 Å². The molecule has 1 aromatic carbocycles. The number of benzene rings is 1. The van der Waals surface area contributed by atoms with E-state index in [1.807, 2.05) is 0 Å². The summed E-state index contributed by atoms with van der Waals surface area (Å²) in [6.07, 6.45) is -11.0. The molecule has 110 valence electrons. The minimum Gasteiger partial charge on any atom is -0.478 e. The van der Waals surface area contributed by atoms with Crippen molar-refractivity contribution >= 4 is 11.7 Å². The van der Waals surface area contributed by atoms with E-state index in [0.717, 1.165) is 0 Å². The first kappa shape index (κ1) is 15.7. The fraction of sp³-hybridized carbons (Fsp3) is 0.222. The second-order valence-electron chi connectivity index (χ2n) is 3.47. The van der Waals surface area contributed by atoms with Gasteiger partial charge < -0.3 is 5.11 Å². The first-order chi connectivity index (χ1) is 8.85. The second-order valence-corrected chi connectivity index (χ2v) is 3.47. The molecule has 5 nitrogen and oxygen atoms in total. The molecule has 0 aromatic heterocycles. The Morgan fingerprint density at radius 2 is 1.40 bits per heavy atom. The van der Waals surface area contributed by atoms with Gasteiger partial charge in [0.15, 0.2) is 0 Å². The van der Waals surface area contributed by atoms with Crippen LogP contribution in [0.5, 0.6) is 0 Å². The monoisotopic (exact) mass is 303 g/mol. The molecule has 0 unspecified atom stereocenters. The molecule has 20 heavy (non-hydrogen) atoms. The molecule has 0 aliphatic carbocycles. The highest BCUT2D eigenvalue weighted by molar-refractivity contribution is 5.92. The fourth-order valence-electron chi connectivity index (χ4n) is 1.41. The zero-order valence-corrected chi connectivity index (χ0v) is 9.04. The topological polar surface area (TPSA) is 80.4 Å². The summed E-state index contributed by atoms with van der Waals surface area (Å²) in [4.78, 5) is 19.5. The van der Waals surface area contributed by atoms with E-state index in [4.69, 9.17) is 5.11 Å². The number of aromatic carboxylic acids is 1. The molecule has 0 saturated heterocycles. The van der Waals surface area contributed by atoms with E-state index in [2.05, 4.69) is 0 Å². The van der Waals surface area contributed by atoms with Gasteiger partial charge in [-0.2, -0.15) is 26.3 Å². The number of carbonyl (C=O) groups is 1. The summed E-state index contributed by atoms with van der Waals surface area (Å²) in [5.74, 6) is -2.49. The van der Waals surface area contributed by atoms with E-state index in [-0.39, 0.29) is 12.1 Å². The molecule has 11 heteroatoms. The number of alkyl halides is 6. The zero-order valence-electron chi connectivity index (χ0n) is 9.04. The number of nitro groups is 1. The maximum Gasteiger partial charge on any atom is 0.417 e. The van der Waals surface area contributed by atoms with Crippen molar-refractivity contribution in [3.8, 4) is 0 Å². The highest BCUT2D eigenvalue weighted by Crippen LogP contribution is 2.41. The van der Waals surface area contributed by atoms with Crippen molar-refractivity contribution in [1.29, 1.82) is 0 Å². The van der Waals surface area contributed by atoms with Crippen LogP contribution in [0.3, 0.4) is 0 Å². The summed E-state index contributed by atoms with van der Waals surface area (Å²) in [7, 11) is 0. The summed E-state index contributed by atoms with van der Waals surface area (Å²) in [6.45, 7) is 0. The molecule has 1 rings (SSSR count). The van der Waals surface area contributed by atoms with Gasteiger partial charge in [-0.3, -0.25) is 10.1 Å². The van der Waals surface area contributed by atoms with E-state index < -0.39 is 45.6 Å². The number of rotatable bonds is 2. The van der Waals surface area contributed by atoms with Crippen LogP contribution in [-0.4, -0.2) is 16.0 Å². The maximum absolute atomic E-state index is 12.6. The molecule has 1 aromatic rings. The molecule has 0 fully saturated rings. The Balaban J connectivity index is 3.86. The molecule has 0 saturated carbocycles. The largest absolute Gasteiger partial charge is 0.478 e. The van der Waals surface area contributed by atoms with E-state index in [9.17, 15) is 41.3 Å². The van der Waals surface area contributed by atoms with E-state index >= 15 is 0 Å². The quantitative estimate of drug-likeness (QED) is 0.516. The Bertz CT molecular complexity index is 542. The second kappa shape index (κ2) is 4.65. The highest BCUT2D eigenvalue weighted by atomic mass is 19.4. The Labute approximate surface area is 105 Å². The van der Waals surface area contributed by atoms with E-state index in [1.54, 1.807) is 0 Å². The maximum atomic E-state index is 12.6. The summed E-state index contributed by atoms with van der Waals surface area (Å²) >= 11 is 0. The lowest BCUT2D eigenvalue weighted by Gasteiger charge is -2.15. The van der Waals surface area contributed by atoms with Gasteiger partial charge in [0.05, 0.1) is 21.6 Å². The van der Waals surface area contributed by atoms with Crippen LogP contribution >= 0.6 is 0 Å². The fourth-order valence-corrected chi connectivity index (χ4v) is 1.41. The third-order valence-corrected chi connectivity index (χ3v) is 2.16. The van der Waals surface area contributed by atoms with Crippen LogP contribution in [0.4, 0.5) is 32.0 Å². The molecular weight excluding hydrogens is 300 g/mol. The predicted octanol–water partition coefficient (Wildman–Crippen LogP) is 3.33. The smallest absolute Gasteiger partial charge is 0.417 e. The third kappa shape index (κ3) is 2.97. The minimum absolute atomic E-state index is 0.251. The van der Waals surface area contributed by atoms with Gasteiger partial charge >= 0.3 is 18.3 Å². The number of nitrogens with zero attached hydrogens (tertiary/aromatic N) is 1. The van der Waals surface area contributed by atoms with Gasteiger partial charge in [0.2, 0.25) is 0 Å². The average Bonchev–Trinajstić information content (AvgIpc) is 2.24. The predicted molar refractivity (Wildman–Crippen MR) is 50.1 cm³/mol. The number of hydrogen-bond donors (Lipinski definition) is 1. The Hall–Kier alpha value is -2.33. The van der Waals surface area contributed by atoms with Gasteiger partial charge in [0.25, 0.3) is 5.69 Å². The lowest BCUT2D eigenvalue weighted by Crippen LogP contribution is -2.20. The number of carboxylic acids is 1. The normalized spacial score (nSPS) is 12.3. The first-order valence-electron chi connectivity index (χ1n) is 4.56. The number of nitro benzene ring substituents is 1. The lowest BCUT2D eigenvalue weighted by atomic mass is 9.99. The SMILES string of the molecule is O=C(O)c1c(C(F)(F)F)cc([N+](=O)[O-])cc1C(F)(F)F. The summed E-state index contributed by atoms with van der Waals surface area (Å²) < 4.78 is 75.4. The van der Waals surface area contributed by atoms with Crippen LogP contribution in [-0.2, 0) is 12.4 Å². The standard InChI is InChI=1S/C9H3F6NO4/c10-8(11,12)4-1-3(16(19)20)2-5(9(13,14)15)6(4)7(17)18/h1-2H,(H,17,18). The third-order valence-electron chi connectivity index (χ3n) is 2.16. The summed E-state index contributed by atoms with van der Waals surface area (Å²) in [5.41, 5.74) is -8.04. The number of hydrogen-bond acceptors (Lipinski definition) is 3. The van der Waals surface area contributed by atoms with Crippen LogP contribution in [0.2, 0.25) is 0 Å². The van der Waals surface area contributed by atoms with Gasteiger partial charge in [-0.15, -0.1) is 0 Å². The van der Waals surface area contributed by atoms with Gasteiger partial charge in [0, 0.05) is 12.1 Å². The van der Waals surface area contributed by atoms with Crippen molar-refractivity contribution in [2.45, 2.75) is 12.4 Å². The van der Waals surface area contributed by atoms with Crippen LogP contribution in [0, 0.1) is 10.1 Å². The molecule has 0 heterocycles. The molecule has 0 aliphatic heterocycles. The molecule has 0 atom stereocenters. The van der Waals surface area contributed by atoms with Crippen molar-refractivity contribution in [2.24, 2.45) is 0 Å². The van der Waals surface area contributed by atoms with Crippen molar-refractivity contribution in [3.05, 3.63) is 38.9 Å². The number of non-ortho nitro benzene ring substituents is 1. The van der Waals surface area contributed by atoms with E-state index in [0.29, 0.717) is 0 Å². The average molecular weight is 303 g/mol. The van der Waals surface area contributed by atoms with E-state index in [1.165, 1.54) is 0 Å². The zero-order chi connectivity index (χ0) is 15.9. The van der Waals surface area contributed by atoms with Gasteiger partial charge in [-0.1, -0.05) is 0 Å². The number of carboxylic acid groups (broad SMARTS) is 1. The van der Waals surface area contributed by atoms with Crippen molar-refractivity contribution in [3.63, 3.8) is 0 Å². The minimum atomic E-state index is -5.49. The molecule has 0 spiro atoms. The van der Waals surface area contributed by atoms with Crippen LogP contribution in [0.15, 0.2) is 12.1 Å². The molecule has 0 aliphatic rings. The van der Waals surface area contributed by atoms with Crippen molar-refractivity contribution in [2.75, 3.05) is 0 Å². The van der Waals surface area contributed by atoms with Crippen LogP contribution in [0.1, 0.15) is 21.5 Å². The summed E-state index contributed by atoms with van der Waals surface area (Å²) in [5, 5.41) is 18.9. The lowest BCUT2D eigenvalue weighted by molar-refractivity contribution is -0.385. The molecule has 0 bridgehead atoms. The van der Waals surface area contributed by atoms with Crippen molar-refractivity contribution in [1.82, 2.24) is 0 Å². The van der Waals surface area contributed by atoms with Gasteiger partial charge in [-0.25, -0.2) is 4.79 Å². The first-order valence-corrected chi connectivity index (χ1v) is 4.56.